The quantitative estimate of drug-likeness (QED) is 0.488. The van der Waals surface area contributed by atoms with Crippen molar-refractivity contribution in [1.29, 1.82) is 0 Å². The van der Waals surface area contributed by atoms with E-state index in [1.165, 1.54) is 16.7 Å². The highest BCUT2D eigenvalue weighted by atomic mass is 32.1. The number of nitrogens with zero attached hydrogens (tertiary/aromatic N) is 1. The highest BCUT2D eigenvalue weighted by Gasteiger charge is 2.49. The highest BCUT2D eigenvalue weighted by Crippen LogP contribution is 2.52. The van der Waals surface area contributed by atoms with Crippen molar-refractivity contribution >= 4 is 33.1 Å². The van der Waals surface area contributed by atoms with Crippen molar-refractivity contribution in [2.24, 2.45) is 5.41 Å². The standard InChI is InChI=1S/C24H20N2O2S/c1-24(22(28)26-23-25-10-11-29-23)14-18-8-9-19(27)13-20(18)21(24)17-7-6-15-4-2-3-5-16(15)12-17/h2-13,21,27H,14H2,1H3,(H,25,26,28)/t21-,24+/m0/s1. The Morgan fingerprint density at radius 2 is 1.97 bits per heavy atom. The van der Waals surface area contributed by atoms with Crippen LogP contribution in [0.1, 0.15) is 29.5 Å². The van der Waals surface area contributed by atoms with Crippen LogP contribution in [0.4, 0.5) is 5.13 Å². The number of carbonyl (C=O) groups is 1. The number of carbonyl (C=O) groups excluding carboxylic acids is 1. The maximum atomic E-state index is 13.4. The molecule has 1 aliphatic rings. The van der Waals surface area contributed by atoms with Gasteiger partial charge in [-0.3, -0.25) is 4.79 Å². The Labute approximate surface area is 172 Å². The van der Waals surface area contributed by atoms with Crippen molar-refractivity contribution in [3.8, 4) is 5.75 Å². The van der Waals surface area contributed by atoms with Gasteiger partial charge in [0, 0.05) is 17.5 Å². The normalized spacial score (nSPS) is 20.5. The minimum atomic E-state index is -0.690. The Morgan fingerprint density at radius 1 is 1.14 bits per heavy atom. The summed E-state index contributed by atoms with van der Waals surface area (Å²) in [5.41, 5.74) is 2.49. The molecule has 5 rings (SSSR count). The smallest absolute Gasteiger partial charge is 0.233 e. The molecule has 0 spiro atoms. The number of nitrogens with one attached hydrogen (secondary N) is 1. The Bertz CT molecular complexity index is 1220. The van der Waals surface area contributed by atoms with Crippen LogP contribution in [0.15, 0.2) is 72.2 Å². The number of phenolic OH excluding ortho intramolecular Hbond substituents is 1. The van der Waals surface area contributed by atoms with Gasteiger partial charge in [0.2, 0.25) is 5.91 Å². The lowest BCUT2D eigenvalue weighted by molar-refractivity contribution is -0.125. The van der Waals surface area contributed by atoms with Crippen LogP contribution in [0.3, 0.4) is 0 Å². The number of aromatic hydroxyl groups is 1. The third-order valence-electron chi connectivity index (χ3n) is 5.91. The number of aromatic nitrogens is 1. The van der Waals surface area contributed by atoms with Crippen molar-refractivity contribution < 1.29 is 9.90 Å². The summed E-state index contributed by atoms with van der Waals surface area (Å²) < 4.78 is 0. The lowest BCUT2D eigenvalue weighted by Crippen LogP contribution is -2.37. The minimum Gasteiger partial charge on any atom is -0.508 e. The van der Waals surface area contributed by atoms with Crippen molar-refractivity contribution in [1.82, 2.24) is 4.98 Å². The van der Waals surface area contributed by atoms with Gasteiger partial charge in [-0.2, -0.15) is 0 Å². The largest absolute Gasteiger partial charge is 0.508 e. The van der Waals surface area contributed by atoms with Gasteiger partial charge in [-0.05, 0) is 52.9 Å². The van der Waals surface area contributed by atoms with E-state index < -0.39 is 5.41 Å². The van der Waals surface area contributed by atoms with E-state index in [0.29, 0.717) is 11.6 Å². The highest BCUT2D eigenvalue weighted by molar-refractivity contribution is 7.13. The monoisotopic (exact) mass is 400 g/mol. The molecular weight excluding hydrogens is 380 g/mol. The molecule has 2 N–H and O–H groups in total. The topological polar surface area (TPSA) is 62.2 Å². The number of thiazole rings is 1. The average Bonchev–Trinajstić information content (AvgIpc) is 3.33. The molecule has 0 fully saturated rings. The zero-order valence-electron chi connectivity index (χ0n) is 15.9. The van der Waals surface area contributed by atoms with E-state index in [4.69, 9.17) is 0 Å². The van der Waals surface area contributed by atoms with Crippen LogP contribution >= 0.6 is 11.3 Å². The van der Waals surface area contributed by atoms with E-state index in [-0.39, 0.29) is 17.6 Å². The molecule has 0 radical (unpaired) electrons. The first kappa shape index (κ1) is 17.9. The first-order chi connectivity index (χ1) is 14.0. The van der Waals surface area contributed by atoms with Gasteiger partial charge in [0.25, 0.3) is 0 Å². The summed E-state index contributed by atoms with van der Waals surface area (Å²) in [5.74, 6) is 0.00888. The first-order valence-corrected chi connectivity index (χ1v) is 10.4. The van der Waals surface area contributed by atoms with E-state index in [2.05, 4.69) is 40.6 Å². The predicted molar refractivity (Wildman–Crippen MR) is 116 cm³/mol. The second kappa shape index (κ2) is 6.71. The molecule has 1 heterocycles. The van der Waals surface area contributed by atoms with E-state index in [9.17, 15) is 9.90 Å². The number of hydrogen-bond donors (Lipinski definition) is 2. The number of benzene rings is 3. The fourth-order valence-corrected chi connectivity index (χ4v) is 5.05. The summed E-state index contributed by atoms with van der Waals surface area (Å²) in [6.07, 6.45) is 2.29. The van der Waals surface area contributed by atoms with Crippen LogP contribution in [0.2, 0.25) is 0 Å². The van der Waals surface area contributed by atoms with Gasteiger partial charge in [-0.1, -0.05) is 48.5 Å². The molecule has 29 heavy (non-hydrogen) atoms. The minimum absolute atomic E-state index is 0.0544. The molecule has 4 nitrogen and oxygen atoms in total. The molecule has 0 unspecified atom stereocenters. The summed E-state index contributed by atoms with van der Waals surface area (Å²) in [4.78, 5) is 17.6. The van der Waals surface area contributed by atoms with Crippen molar-refractivity contribution in [2.45, 2.75) is 19.3 Å². The van der Waals surface area contributed by atoms with E-state index in [1.807, 2.05) is 30.5 Å². The van der Waals surface area contributed by atoms with Crippen LogP contribution in [0.25, 0.3) is 10.8 Å². The van der Waals surface area contributed by atoms with Crippen molar-refractivity contribution in [3.05, 3.63) is 88.9 Å². The molecule has 2 atom stereocenters. The molecule has 1 aromatic heterocycles. The van der Waals surface area contributed by atoms with Crippen molar-refractivity contribution in [2.75, 3.05) is 5.32 Å². The van der Waals surface area contributed by atoms with Crippen molar-refractivity contribution in [3.63, 3.8) is 0 Å². The van der Waals surface area contributed by atoms with Crippen LogP contribution in [0, 0.1) is 5.41 Å². The fraction of sp³-hybridized carbons (Fsp3) is 0.167. The molecule has 0 bridgehead atoms. The molecule has 144 valence electrons. The Hall–Kier alpha value is -3.18. The van der Waals surface area contributed by atoms with Crippen LogP contribution in [-0.2, 0) is 11.2 Å². The van der Waals surface area contributed by atoms with Gasteiger partial charge in [-0.15, -0.1) is 11.3 Å². The van der Waals surface area contributed by atoms with Gasteiger partial charge < -0.3 is 10.4 Å². The van der Waals surface area contributed by atoms with Crippen LogP contribution in [-0.4, -0.2) is 16.0 Å². The summed E-state index contributed by atoms with van der Waals surface area (Å²) in [7, 11) is 0. The van der Waals surface area contributed by atoms with Crippen LogP contribution in [0.5, 0.6) is 5.75 Å². The summed E-state index contributed by atoms with van der Waals surface area (Å²) in [5, 5.41) is 17.9. The lowest BCUT2D eigenvalue weighted by Gasteiger charge is -2.31. The molecule has 1 amide bonds. The number of fused-ring (bicyclic) bond motifs is 2. The zero-order valence-corrected chi connectivity index (χ0v) is 16.7. The summed E-state index contributed by atoms with van der Waals surface area (Å²) in [6, 6.07) is 20.0. The van der Waals surface area contributed by atoms with E-state index >= 15 is 0 Å². The fourth-order valence-electron chi connectivity index (χ4n) is 4.52. The van der Waals surface area contributed by atoms with Gasteiger partial charge >= 0.3 is 0 Å². The molecule has 0 saturated carbocycles. The van der Waals surface area contributed by atoms with Gasteiger partial charge in [0.15, 0.2) is 5.13 Å². The second-order valence-electron chi connectivity index (χ2n) is 7.81. The molecule has 3 aromatic carbocycles. The Kier molecular flexibility index (Phi) is 4.14. The summed E-state index contributed by atoms with van der Waals surface area (Å²) in [6.45, 7) is 2.01. The first-order valence-electron chi connectivity index (χ1n) is 9.56. The number of amides is 1. The third kappa shape index (κ3) is 2.98. The number of anilines is 1. The Morgan fingerprint density at radius 3 is 2.76 bits per heavy atom. The van der Waals surface area contributed by atoms with Gasteiger partial charge in [0.05, 0.1) is 5.41 Å². The number of phenols is 1. The molecule has 1 aliphatic carbocycles. The summed E-state index contributed by atoms with van der Waals surface area (Å²) >= 11 is 1.41. The maximum Gasteiger partial charge on any atom is 0.233 e. The van der Waals surface area contributed by atoms with E-state index in [0.717, 1.165) is 22.1 Å². The second-order valence-corrected chi connectivity index (χ2v) is 8.70. The van der Waals surface area contributed by atoms with E-state index in [1.54, 1.807) is 18.3 Å². The third-order valence-corrected chi connectivity index (χ3v) is 6.60. The SMILES string of the molecule is C[C@@]1(C(=O)Nc2nccs2)Cc2ccc(O)cc2[C@@H]1c1ccc2ccccc2c1. The predicted octanol–water partition coefficient (Wildman–Crippen LogP) is 5.33. The number of hydrogen-bond acceptors (Lipinski definition) is 4. The Balaban J connectivity index is 1.64. The molecule has 0 saturated heterocycles. The lowest BCUT2D eigenvalue weighted by atomic mass is 9.73. The molecular formula is C24H20N2O2S. The average molecular weight is 401 g/mol. The molecule has 4 aromatic rings. The van der Waals surface area contributed by atoms with Gasteiger partial charge in [-0.25, -0.2) is 4.98 Å². The maximum absolute atomic E-state index is 13.4. The zero-order chi connectivity index (χ0) is 20.0. The van der Waals surface area contributed by atoms with Gasteiger partial charge in [0.1, 0.15) is 5.75 Å². The number of rotatable bonds is 3. The molecule has 0 aliphatic heterocycles. The van der Waals surface area contributed by atoms with Crippen LogP contribution < -0.4 is 5.32 Å². The molecule has 5 heteroatoms.